The number of benzene rings is 19. The molecule has 550 valence electrons. The van der Waals surface area contributed by atoms with Gasteiger partial charge in [0.25, 0.3) is 0 Å². The summed E-state index contributed by atoms with van der Waals surface area (Å²) in [5.41, 5.74) is 23.6. The smallest absolute Gasteiger partial charge is 0.237 e. The van der Waals surface area contributed by atoms with Crippen molar-refractivity contribution in [1.82, 2.24) is 37.0 Å². The molecule has 0 aliphatic carbocycles. The first-order valence-corrected chi connectivity index (χ1v) is 41.2. The molecule has 120 heavy (non-hydrogen) atoms. The van der Waals surface area contributed by atoms with Gasteiger partial charge in [0, 0.05) is 108 Å². The maximum Gasteiger partial charge on any atom is 0.237 e. The summed E-state index contributed by atoms with van der Waals surface area (Å²) in [6, 6.07) is 130. The normalized spacial score (nSPS) is 12.8. The largest absolute Gasteiger partial charge is 0.454 e. The summed E-state index contributed by atoms with van der Waals surface area (Å²) in [6.07, 6.45) is 0. The molecule has 0 radical (unpaired) electrons. The fraction of sp³-hybridized carbons (Fsp3) is 0. The van der Waals surface area contributed by atoms with Gasteiger partial charge in [0.1, 0.15) is 16.7 Å². The van der Waals surface area contributed by atoms with Gasteiger partial charge in [-0.25, -0.2) is 4.98 Å². The van der Waals surface area contributed by atoms with Crippen LogP contribution in [-0.4, -0.2) is 37.0 Å². The summed E-state index contributed by atoms with van der Waals surface area (Å²) >= 11 is 0. The first-order valence-electron chi connectivity index (χ1n) is 41.2. The van der Waals surface area contributed by atoms with Crippen molar-refractivity contribution in [2.75, 3.05) is 0 Å². The van der Waals surface area contributed by atoms with Crippen molar-refractivity contribution in [3.63, 3.8) is 0 Å². The zero-order chi connectivity index (χ0) is 77.3. The van der Waals surface area contributed by atoms with E-state index in [4.69, 9.17) is 18.8 Å². The van der Waals surface area contributed by atoms with Gasteiger partial charge in [0.15, 0.2) is 17.0 Å². The zero-order valence-corrected chi connectivity index (χ0v) is 63.9. The molecule has 0 atom stereocenters. The van der Waals surface area contributed by atoms with E-state index in [1.807, 2.05) is 6.07 Å². The van der Waals surface area contributed by atoms with Crippen LogP contribution in [0.3, 0.4) is 0 Å². The predicted molar refractivity (Wildman–Crippen MR) is 499 cm³/mol. The molecule has 0 saturated carbocycles. The van der Waals surface area contributed by atoms with Crippen LogP contribution in [0.5, 0.6) is 0 Å². The molecule has 0 aliphatic rings. The summed E-state index contributed by atoms with van der Waals surface area (Å²) in [7, 11) is 0. The molecule has 30 rings (SSSR count). The van der Waals surface area contributed by atoms with E-state index < -0.39 is 0 Å². The average molecular weight is 1520 g/mol. The molecule has 0 amide bonds. The van der Waals surface area contributed by atoms with E-state index in [0.717, 1.165) is 143 Å². The third kappa shape index (κ3) is 7.63. The summed E-state index contributed by atoms with van der Waals surface area (Å²) in [5, 5.41) is 31.4. The van der Waals surface area contributed by atoms with Crippen molar-refractivity contribution in [1.29, 1.82) is 0 Å². The molecule has 0 N–H and O–H groups in total. The lowest BCUT2D eigenvalue weighted by Crippen LogP contribution is -2.06. The molecule has 0 spiro atoms. The van der Waals surface area contributed by atoms with Gasteiger partial charge in [-0.2, -0.15) is 4.98 Å². The minimum absolute atomic E-state index is 0.549. The van der Waals surface area contributed by atoms with Crippen molar-refractivity contribution < 1.29 is 8.83 Å². The van der Waals surface area contributed by atoms with E-state index in [1.54, 1.807) is 0 Å². The first kappa shape index (κ1) is 62.1. The Morgan fingerprint density at radius 3 is 1.22 bits per heavy atom. The zero-order valence-electron chi connectivity index (χ0n) is 63.9. The van der Waals surface area contributed by atoms with Gasteiger partial charge in [0.05, 0.1) is 82.9 Å². The van der Waals surface area contributed by atoms with Crippen LogP contribution in [0.25, 0.3) is 285 Å². The second-order valence-corrected chi connectivity index (χ2v) is 32.9. The average Bonchev–Trinajstić information content (AvgIpc) is 1.49. The van der Waals surface area contributed by atoms with Crippen LogP contribution in [0.2, 0.25) is 0 Å². The molecule has 0 aliphatic heterocycles. The minimum Gasteiger partial charge on any atom is -0.454 e. The maximum absolute atomic E-state index is 7.36. The van der Waals surface area contributed by atoms with E-state index in [1.165, 1.54) is 125 Å². The van der Waals surface area contributed by atoms with Crippen molar-refractivity contribution >= 4 is 251 Å². The monoisotopic (exact) mass is 1520 g/mol. The number of hydrogen-bond donors (Lipinski definition) is 0. The van der Waals surface area contributed by atoms with E-state index in [9.17, 15) is 0 Å². The van der Waals surface area contributed by atoms with Gasteiger partial charge in [-0.3, -0.25) is 9.13 Å². The van der Waals surface area contributed by atoms with Crippen molar-refractivity contribution in [3.05, 3.63) is 352 Å². The molecule has 11 aromatic heterocycles. The Labute approximate surface area is 678 Å². The van der Waals surface area contributed by atoms with E-state index in [2.05, 4.69) is 373 Å². The molecular formula is C110H58N8O2. The van der Waals surface area contributed by atoms with E-state index in [0.29, 0.717) is 17.3 Å². The van der Waals surface area contributed by atoms with Crippen LogP contribution >= 0.6 is 0 Å². The number of furan rings is 2. The number of nitrogens with zero attached hydrogens (tertiary/aromatic N) is 8. The Hall–Kier alpha value is -16.3. The molecule has 10 heteroatoms. The van der Waals surface area contributed by atoms with Crippen LogP contribution in [0.15, 0.2) is 361 Å². The lowest BCUT2D eigenvalue weighted by Gasteiger charge is -2.14. The van der Waals surface area contributed by atoms with Crippen molar-refractivity contribution in [2.24, 2.45) is 0 Å². The van der Waals surface area contributed by atoms with Gasteiger partial charge in [0.2, 0.25) is 5.95 Å². The molecule has 0 saturated heterocycles. The number of rotatable bonds is 5. The predicted octanol–water partition coefficient (Wildman–Crippen LogP) is 29.2. The Morgan fingerprint density at radius 2 is 0.608 bits per heavy atom. The molecule has 10 nitrogen and oxygen atoms in total. The summed E-state index contributed by atoms with van der Waals surface area (Å²) < 4.78 is 29.3. The lowest BCUT2D eigenvalue weighted by molar-refractivity contribution is 0.661. The fourth-order valence-electron chi connectivity index (χ4n) is 22.4. The summed E-state index contributed by atoms with van der Waals surface area (Å²) in [4.78, 5) is 11.8. The molecule has 0 fully saturated rings. The highest BCUT2D eigenvalue weighted by Crippen LogP contribution is 2.54. The molecule has 30 aromatic rings. The van der Waals surface area contributed by atoms with Gasteiger partial charge >= 0.3 is 0 Å². The summed E-state index contributed by atoms with van der Waals surface area (Å²) in [6.45, 7) is 0. The standard InChI is InChI=1S/C110H58N8O2/c1-4-24-66-59(21-1)43-49-87-96(66)72-30-9-16-36-83(72)113(87)65-55-79-71-29-12-19-39-94(71)119-107(79)93(56-65)114-89-51-46-62-41-42-63(53-76(62)99(89)102-91(114)57-77-69-27-7-14-34-81(69)115-84-37-17-10-31-73(84)100(102)105(77)115)64-47-48-86-80(54-64)97-67-25-5-2-22-60(67)44-50-88(97)117(86)109-108-104(75-33-13-20-40-95(75)120-108)111-110(112-109)118-90-52-45-61-23-3-6-26-68(61)98(90)103-92(118)58-78-70-28-8-15-35-82(70)116-85-38-18-11-32-74(85)101(103)106(78)116/h1-58H. The molecule has 0 unspecified atom stereocenters. The SMILES string of the molecule is c1ccc2c(c1)ccc1c2c2ccccc2n1-c1cc(-n2c3ccc4ccc(-c5ccc6c(c5)c5c7ccccc7ccc5n6-c5nc(-n6c7ccc8ccccc8c7c7c8c9ccccc9n9c%10ccccc%10c(cc76)c89)nc6c5oc5ccccc56)cc4c3c3c4c5ccccc5n5c6ccccc6c(cc32)c45)c2oc3ccccc3c2c1. The van der Waals surface area contributed by atoms with Crippen LogP contribution in [0.1, 0.15) is 0 Å². The maximum atomic E-state index is 7.36. The van der Waals surface area contributed by atoms with Crippen LogP contribution in [0, 0.1) is 0 Å². The van der Waals surface area contributed by atoms with Crippen LogP contribution in [-0.2, 0) is 0 Å². The van der Waals surface area contributed by atoms with Crippen molar-refractivity contribution in [2.45, 2.75) is 0 Å². The van der Waals surface area contributed by atoms with Gasteiger partial charge in [-0.1, -0.05) is 237 Å². The number of para-hydroxylation sites is 7. The summed E-state index contributed by atoms with van der Waals surface area (Å²) in [5.74, 6) is 1.20. The second kappa shape index (κ2) is 22.0. The van der Waals surface area contributed by atoms with E-state index in [-0.39, 0.29) is 0 Å². The van der Waals surface area contributed by atoms with Gasteiger partial charge in [-0.05, 0) is 169 Å². The lowest BCUT2D eigenvalue weighted by atomic mass is 9.95. The third-order valence-electron chi connectivity index (χ3n) is 27.2. The van der Waals surface area contributed by atoms with E-state index >= 15 is 0 Å². The van der Waals surface area contributed by atoms with Crippen LogP contribution < -0.4 is 0 Å². The molecule has 19 aromatic carbocycles. The number of fused-ring (bicyclic) bond motifs is 40. The minimum atomic E-state index is 0.549. The second-order valence-electron chi connectivity index (χ2n) is 32.9. The quantitative estimate of drug-likeness (QED) is 0.172. The Balaban J connectivity index is 0.693. The van der Waals surface area contributed by atoms with Crippen molar-refractivity contribution in [3.8, 4) is 34.3 Å². The Kier molecular flexibility index (Phi) is 11.4. The first-order chi connectivity index (χ1) is 59.6. The molecule has 11 heterocycles. The Morgan fingerprint density at radius 1 is 0.208 bits per heavy atom. The van der Waals surface area contributed by atoms with Gasteiger partial charge in [-0.15, -0.1) is 0 Å². The molecule has 0 bridgehead atoms. The van der Waals surface area contributed by atoms with Gasteiger partial charge < -0.3 is 26.8 Å². The highest BCUT2D eigenvalue weighted by molar-refractivity contribution is 6.41. The highest BCUT2D eigenvalue weighted by Gasteiger charge is 2.32. The number of hydrogen-bond acceptors (Lipinski definition) is 4. The fourth-order valence-corrected chi connectivity index (χ4v) is 22.4. The van der Waals surface area contributed by atoms with Crippen LogP contribution in [0.4, 0.5) is 0 Å². The number of aromatic nitrogens is 8. The third-order valence-corrected chi connectivity index (χ3v) is 27.2. The Bertz CT molecular complexity index is 9980. The highest BCUT2D eigenvalue weighted by atomic mass is 16.3. The topological polar surface area (TPSA) is 80.6 Å². The molecular weight excluding hydrogens is 1470 g/mol.